The summed E-state index contributed by atoms with van der Waals surface area (Å²) in [6, 6.07) is 5.13. The maximum Gasteiger partial charge on any atom is 0.433 e. The summed E-state index contributed by atoms with van der Waals surface area (Å²) in [6.45, 7) is 0. The molecule has 1 saturated carbocycles. The Kier molecular flexibility index (Phi) is 4.80. The third-order valence-corrected chi connectivity index (χ3v) is 4.47. The van der Waals surface area contributed by atoms with Gasteiger partial charge in [-0.15, -0.1) is 5.10 Å². The normalized spacial score (nSPS) is 14.7. The Morgan fingerprint density at radius 2 is 2.00 bits per heavy atom. The fraction of sp³-hybridized carbons (Fsp3) is 0.211. The second-order valence-corrected chi connectivity index (χ2v) is 6.73. The average Bonchev–Trinajstić information content (AvgIpc) is 3.44. The molecule has 7 nitrogen and oxygen atoms in total. The molecule has 1 amide bonds. The Morgan fingerprint density at radius 3 is 2.63 bits per heavy atom. The average molecular weight is 418 g/mol. The van der Waals surface area contributed by atoms with Crippen LogP contribution in [-0.2, 0) is 11.0 Å². The molecule has 11 heteroatoms. The van der Waals surface area contributed by atoms with Gasteiger partial charge in [-0.05, 0) is 37.1 Å². The Morgan fingerprint density at radius 1 is 1.23 bits per heavy atom. The van der Waals surface area contributed by atoms with Gasteiger partial charge < -0.3 is 5.73 Å². The summed E-state index contributed by atoms with van der Waals surface area (Å²) < 4.78 is 54.7. The maximum absolute atomic E-state index is 13.9. The molecule has 154 valence electrons. The summed E-state index contributed by atoms with van der Waals surface area (Å²) in [5, 5.41) is 4.09. The highest BCUT2D eigenvalue weighted by Gasteiger charge is 2.35. The molecule has 0 aromatic carbocycles. The first kappa shape index (κ1) is 19.7. The smallest absolute Gasteiger partial charge is 0.366 e. The lowest BCUT2D eigenvalue weighted by molar-refractivity contribution is -0.141. The number of carbonyl (C=O) groups excluding carboxylic acids is 1. The molecule has 0 saturated heterocycles. The lowest BCUT2D eigenvalue weighted by Gasteiger charge is -2.09. The fourth-order valence-electron chi connectivity index (χ4n) is 2.87. The van der Waals surface area contributed by atoms with Crippen molar-refractivity contribution in [1.29, 1.82) is 0 Å². The standard InChI is InChI=1S/C19H14F4N6O/c20-16-12(2-1-5-25-16)13(17(24)30)8-29-9-26-18(28-29)11-6-14(10-3-4-10)27-15(7-11)19(21,22)23/h1-2,5-10H,3-4H2,(H2,24,30)/b13-8+. The Labute approximate surface area is 167 Å². The molecular weight excluding hydrogens is 404 g/mol. The minimum Gasteiger partial charge on any atom is -0.366 e. The summed E-state index contributed by atoms with van der Waals surface area (Å²) in [5.74, 6) is -1.85. The molecule has 3 heterocycles. The minimum atomic E-state index is -4.61. The van der Waals surface area contributed by atoms with Gasteiger partial charge in [-0.25, -0.2) is 19.6 Å². The van der Waals surface area contributed by atoms with Gasteiger partial charge in [-0.2, -0.15) is 17.6 Å². The second-order valence-electron chi connectivity index (χ2n) is 6.73. The number of alkyl halides is 3. The van der Waals surface area contributed by atoms with Crippen LogP contribution >= 0.6 is 0 Å². The van der Waals surface area contributed by atoms with Crippen molar-refractivity contribution in [2.45, 2.75) is 24.9 Å². The maximum atomic E-state index is 13.9. The molecule has 30 heavy (non-hydrogen) atoms. The highest BCUT2D eigenvalue weighted by Crippen LogP contribution is 2.41. The number of pyridine rings is 2. The lowest BCUT2D eigenvalue weighted by atomic mass is 10.1. The van der Waals surface area contributed by atoms with Gasteiger partial charge in [-0.1, -0.05) is 0 Å². The fourth-order valence-corrected chi connectivity index (χ4v) is 2.87. The molecule has 0 aliphatic heterocycles. The van der Waals surface area contributed by atoms with Gasteiger partial charge >= 0.3 is 6.18 Å². The SMILES string of the molecule is NC(=O)/C(=C/n1cnc(-c2cc(C3CC3)nc(C(F)(F)F)c2)n1)c1cccnc1F. The number of nitrogens with two attached hydrogens (primary N) is 1. The van der Waals surface area contributed by atoms with Crippen LogP contribution in [0.2, 0.25) is 0 Å². The molecule has 0 radical (unpaired) electrons. The number of hydrogen-bond donors (Lipinski definition) is 1. The van der Waals surface area contributed by atoms with Crippen molar-refractivity contribution in [3.05, 3.63) is 59.7 Å². The van der Waals surface area contributed by atoms with E-state index in [-0.39, 0.29) is 28.4 Å². The number of primary amides is 1. The molecule has 2 N–H and O–H groups in total. The van der Waals surface area contributed by atoms with E-state index in [0.29, 0.717) is 5.69 Å². The first-order valence-electron chi connectivity index (χ1n) is 8.85. The molecule has 0 spiro atoms. The van der Waals surface area contributed by atoms with E-state index < -0.39 is 23.7 Å². The topological polar surface area (TPSA) is 99.6 Å². The monoisotopic (exact) mass is 418 g/mol. The third kappa shape index (κ3) is 4.04. The summed E-state index contributed by atoms with van der Waals surface area (Å²) >= 11 is 0. The van der Waals surface area contributed by atoms with Crippen molar-refractivity contribution >= 4 is 17.7 Å². The van der Waals surface area contributed by atoms with Gasteiger partial charge in [-0.3, -0.25) is 4.79 Å². The van der Waals surface area contributed by atoms with Crippen molar-refractivity contribution in [2.75, 3.05) is 0 Å². The van der Waals surface area contributed by atoms with Gasteiger partial charge in [0.1, 0.15) is 12.0 Å². The first-order chi connectivity index (χ1) is 14.2. The Hall–Kier alpha value is -3.63. The van der Waals surface area contributed by atoms with E-state index in [2.05, 4.69) is 20.1 Å². The van der Waals surface area contributed by atoms with Crippen LogP contribution in [0.4, 0.5) is 17.6 Å². The molecule has 1 aliphatic rings. The van der Waals surface area contributed by atoms with E-state index in [0.717, 1.165) is 29.8 Å². The Bertz CT molecular complexity index is 1150. The quantitative estimate of drug-likeness (QED) is 0.390. The zero-order valence-electron chi connectivity index (χ0n) is 15.3. The van der Waals surface area contributed by atoms with Crippen molar-refractivity contribution < 1.29 is 22.4 Å². The number of nitrogens with zero attached hydrogens (tertiary/aromatic N) is 5. The largest absolute Gasteiger partial charge is 0.433 e. The van der Waals surface area contributed by atoms with Crippen LogP contribution < -0.4 is 5.73 Å². The first-order valence-corrected chi connectivity index (χ1v) is 8.85. The van der Waals surface area contributed by atoms with E-state index in [1.807, 2.05) is 0 Å². The number of carbonyl (C=O) groups is 1. The summed E-state index contributed by atoms with van der Waals surface area (Å²) in [7, 11) is 0. The lowest BCUT2D eigenvalue weighted by Crippen LogP contribution is -2.15. The van der Waals surface area contributed by atoms with Crippen molar-refractivity contribution in [3.8, 4) is 11.4 Å². The van der Waals surface area contributed by atoms with Crippen molar-refractivity contribution in [2.24, 2.45) is 5.73 Å². The molecular formula is C19H14F4N6O. The molecule has 1 fully saturated rings. The van der Waals surface area contributed by atoms with E-state index in [1.165, 1.54) is 30.7 Å². The van der Waals surface area contributed by atoms with Crippen LogP contribution in [0.15, 0.2) is 36.8 Å². The molecule has 3 aromatic rings. The number of rotatable bonds is 5. The highest BCUT2D eigenvalue weighted by atomic mass is 19.4. The number of hydrogen-bond acceptors (Lipinski definition) is 5. The molecule has 3 aromatic heterocycles. The number of amides is 1. The van der Waals surface area contributed by atoms with Gasteiger partial charge in [0.25, 0.3) is 5.91 Å². The van der Waals surface area contributed by atoms with Gasteiger partial charge in [0, 0.05) is 35.1 Å². The highest BCUT2D eigenvalue weighted by molar-refractivity contribution is 6.22. The van der Waals surface area contributed by atoms with Gasteiger partial charge in [0.05, 0.1) is 5.57 Å². The van der Waals surface area contributed by atoms with Crippen LogP contribution in [0.1, 0.15) is 35.7 Å². The van der Waals surface area contributed by atoms with E-state index in [1.54, 1.807) is 0 Å². The van der Waals surface area contributed by atoms with Crippen LogP contribution in [-0.4, -0.2) is 30.6 Å². The molecule has 0 atom stereocenters. The van der Waals surface area contributed by atoms with Gasteiger partial charge in [0.2, 0.25) is 5.95 Å². The zero-order valence-corrected chi connectivity index (χ0v) is 15.3. The summed E-state index contributed by atoms with van der Waals surface area (Å²) in [6.07, 6.45) is 0.459. The van der Waals surface area contributed by atoms with E-state index in [4.69, 9.17) is 5.73 Å². The Balaban J connectivity index is 1.74. The molecule has 4 rings (SSSR count). The second kappa shape index (κ2) is 7.32. The predicted molar refractivity (Wildman–Crippen MR) is 97.8 cm³/mol. The number of aromatic nitrogens is 5. The van der Waals surface area contributed by atoms with Gasteiger partial charge in [0.15, 0.2) is 5.82 Å². The van der Waals surface area contributed by atoms with Crippen LogP contribution in [0.25, 0.3) is 23.2 Å². The minimum absolute atomic E-state index is 0.00321. The van der Waals surface area contributed by atoms with Crippen LogP contribution in [0.3, 0.4) is 0 Å². The molecule has 1 aliphatic carbocycles. The zero-order chi connectivity index (χ0) is 21.5. The van der Waals surface area contributed by atoms with E-state index >= 15 is 0 Å². The summed E-state index contributed by atoms with van der Waals surface area (Å²) in [5.41, 5.74) is 4.43. The van der Waals surface area contributed by atoms with Crippen LogP contribution in [0, 0.1) is 5.95 Å². The summed E-state index contributed by atoms with van der Waals surface area (Å²) in [4.78, 5) is 23.0. The predicted octanol–water partition coefficient (Wildman–Crippen LogP) is 3.25. The molecule has 0 bridgehead atoms. The number of halogens is 4. The van der Waals surface area contributed by atoms with Crippen molar-refractivity contribution in [1.82, 2.24) is 24.7 Å². The van der Waals surface area contributed by atoms with Crippen LogP contribution in [0.5, 0.6) is 0 Å². The molecule has 0 unspecified atom stereocenters. The van der Waals surface area contributed by atoms with Crippen molar-refractivity contribution in [3.63, 3.8) is 0 Å². The van der Waals surface area contributed by atoms with E-state index in [9.17, 15) is 22.4 Å². The third-order valence-electron chi connectivity index (χ3n) is 4.47.